The average Bonchev–Trinajstić information content (AvgIpc) is 3.39. The van der Waals surface area contributed by atoms with E-state index in [-0.39, 0.29) is 5.97 Å². The summed E-state index contributed by atoms with van der Waals surface area (Å²) in [5, 5.41) is 1.34. The van der Waals surface area contributed by atoms with Crippen LogP contribution in [0.1, 0.15) is 42.5 Å². The number of likely N-dealkylation sites (tertiary alicyclic amines) is 1. The molecular formula is C25H28N2O2. The standard InChI is InChI=1S/C25H28N2O2/c1-18(20-12-9-19(10-13-20)11-14-25(28)29-2)27-15-5-6-22(27)16-21-17-26-24-8-4-3-7-23(21)24/h3-4,7-14,17-18,22,26H,5-6,15-16H2,1-2H3/b14-11+/t18-,22-/m1/s1. The van der Waals surface area contributed by atoms with Crippen LogP contribution in [-0.4, -0.2) is 35.5 Å². The molecule has 0 aliphatic carbocycles. The van der Waals surface area contributed by atoms with Crippen molar-refractivity contribution in [3.63, 3.8) is 0 Å². The molecule has 4 heteroatoms. The van der Waals surface area contributed by atoms with Gasteiger partial charge in [-0.1, -0.05) is 42.5 Å². The summed E-state index contributed by atoms with van der Waals surface area (Å²) in [7, 11) is 1.39. The van der Waals surface area contributed by atoms with Gasteiger partial charge in [0.2, 0.25) is 0 Å². The number of carbonyl (C=O) groups excluding carboxylic acids is 1. The number of ether oxygens (including phenoxy) is 1. The maximum atomic E-state index is 11.3. The Hall–Kier alpha value is -2.85. The molecule has 0 unspecified atom stereocenters. The molecule has 0 bridgehead atoms. The fraction of sp³-hybridized carbons (Fsp3) is 0.320. The molecule has 1 saturated heterocycles. The Kier molecular flexibility index (Phi) is 5.81. The van der Waals surface area contributed by atoms with Gasteiger partial charge in [-0.05, 0) is 61.6 Å². The van der Waals surface area contributed by atoms with Gasteiger partial charge in [0, 0.05) is 35.3 Å². The lowest BCUT2D eigenvalue weighted by molar-refractivity contribution is -0.134. The number of hydrogen-bond donors (Lipinski definition) is 1. The summed E-state index contributed by atoms with van der Waals surface area (Å²) in [4.78, 5) is 17.3. The van der Waals surface area contributed by atoms with E-state index in [1.807, 2.05) is 0 Å². The highest BCUT2D eigenvalue weighted by atomic mass is 16.5. The fourth-order valence-electron chi connectivity index (χ4n) is 4.45. The van der Waals surface area contributed by atoms with E-state index in [1.54, 1.807) is 6.08 Å². The summed E-state index contributed by atoms with van der Waals surface area (Å²) in [5.41, 5.74) is 4.94. The molecule has 2 aromatic carbocycles. The van der Waals surface area contributed by atoms with Gasteiger partial charge in [0.1, 0.15) is 0 Å². The van der Waals surface area contributed by atoms with Gasteiger partial charge in [0.15, 0.2) is 0 Å². The number of fused-ring (bicyclic) bond motifs is 1. The number of nitrogens with one attached hydrogen (secondary N) is 1. The Balaban J connectivity index is 1.47. The first-order valence-electron chi connectivity index (χ1n) is 10.3. The second-order valence-electron chi connectivity index (χ2n) is 7.80. The van der Waals surface area contributed by atoms with Crippen LogP contribution in [0.15, 0.2) is 60.8 Å². The van der Waals surface area contributed by atoms with E-state index in [2.05, 4.69) is 76.3 Å². The predicted molar refractivity (Wildman–Crippen MR) is 118 cm³/mol. The second-order valence-corrected chi connectivity index (χ2v) is 7.80. The zero-order chi connectivity index (χ0) is 20.2. The molecule has 29 heavy (non-hydrogen) atoms. The van der Waals surface area contributed by atoms with Crippen molar-refractivity contribution in [1.29, 1.82) is 0 Å². The van der Waals surface area contributed by atoms with E-state index in [0.29, 0.717) is 12.1 Å². The quantitative estimate of drug-likeness (QED) is 0.471. The Morgan fingerprint density at radius 1 is 1.24 bits per heavy atom. The van der Waals surface area contributed by atoms with Gasteiger partial charge in [-0.15, -0.1) is 0 Å². The van der Waals surface area contributed by atoms with Crippen molar-refractivity contribution in [2.24, 2.45) is 0 Å². The minimum Gasteiger partial charge on any atom is -0.466 e. The van der Waals surface area contributed by atoms with Crippen LogP contribution in [0.2, 0.25) is 0 Å². The number of esters is 1. The molecule has 4 rings (SSSR count). The Bertz CT molecular complexity index is 1000. The molecule has 0 saturated carbocycles. The third-order valence-corrected chi connectivity index (χ3v) is 6.08. The average molecular weight is 389 g/mol. The van der Waals surface area contributed by atoms with Gasteiger partial charge in [0.05, 0.1) is 7.11 Å². The first-order chi connectivity index (χ1) is 14.2. The van der Waals surface area contributed by atoms with E-state index >= 15 is 0 Å². The van der Waals surface area contributed by atoms with E-state index in [0.717, 1.165) is 18.5 Å². The fourth-order valence-corrected chi connectivity index (χ4v) is 4.45. The number of nitrogens with zero attached hydrogens (tertiary/aromatic N) is 1. The number of methoxy groups -OCH3 is 1. The molecule has 3 aromatic rings. The number of hydrogen-bond acceptors (Lipinski definition) is 3. The zero-order valence-electron chi connectivity index (χ0n) is 17.1. The van der Waals surface area contributed by atoms with Crippen molar-refractivity contribution >= 4 is 22.9 Å². The van der Waals surface area contributed by atoms with Crippen molar-refractivity contribution in [1.82, 2.24) is 9.88 Å². The maximum absolute atomic E-state index is 11.3. The third-order valence-electron chi connectivity index (χ3n) is 6.08. The Morgan fingerprint density at radius 2 is 2.03 bits per heavy atom. The maximum Gasteiger partial charge on any atom is 0.330 e. The summed E-state index contributed by atoms with van der Waals surface area (Å²) in [6.07, 6.45) is 8.98. The van der Waals surface area contributed by atoms with Crippen LogP contribution < -0.4 is 0 Å². The van der Waals surface area contributed by atoms with Crippen LogP contribution in [-0.2, 0) is 16.0 Å². The molecular weight excluding hydrogens is 360 g/mol. The van der Waals surface area contributed by atoms with E-state index in [9.17, 15) is 4.79 Å². The minimum atomic E-state index is -0.334. The summed E-state index contributed by atoms with van der Waals surface area (Å²) < 4.78 is 4.65. The third kappa shape index (κ3) is 4.28. The summed E-state index contributed by atoms with van der Waals surface area (Å²) in [6.45, 7) is 3.44. The highest BCUT2D eigenvalue weighted by Crippen LogP contribution is 2.32. The first kappa shape index (κ1) is 19.5. The van der Waals surface area contributed by atoms with Gasteiger partial charge in [-0.3, -0.25) is 4.90 Å². The van der Waals surface area contributed by atoms with Gasteiger partial charge in [0.25, 0.3) is 0 Å². The Labute approximate surface area is 172 Å². The molecule has 4 nitrogen and oxygen atoms in total. The SMILES string of the molecule is COC(=O)/C=C/c1ccc([C@@H](C)N2CCC[C@@H]2Cc2c[nH]c3ccccc23)cc1. The van der Waals surface area contributed by atoms with Crippen LogP contribution in [0.5, 0.6) is 0 Å². The van der Waals surface area contributed by atoms with Crippen molar-refractivity contribution in [3.05, 3.63) is 77.5 Å². The van der Waals surface area contributed by atoms with Crippen molar-refractivity contribution in [3.8, 4) is 0 Å². The predicted octanol–water partition coefficient (Wildman–Crippen LogP) is 5.12. The number of H-pyrrole nitrogens is 1. The number of aromatic amines is 1. The van der Waals surface area contributed by atoms with E-state index in [4.69, 9.17) is 0 Å². The van der Waals surface area contributed by atoms with Crippen molar-refractivity contribution in [2.75, 3.05) is 13.7 Å². The van der Waals surface area contributed by atoms with Gasteiger partial charge in [-0.25, -0.2) is 4.79 Å². The van der Waals surface area contributed by atoms with Gasteiger partial charge >= 0.3 is 5.97 Å². The van der Waals surface area contributed by atoms with Crippen LogP contribution in [0.4, 0.5) is 0 Å². The van der Waals surface area contributed by atoms with Crippen LogP contribution in [0.3, 0.4) is 0 Å². The van der Waals surface area contributed by atoms with Crippen LogP contribution in [0, 0.1) is 0 Å². The number of para-hydroxylation sites is 1. The smallest absolute Gasteiger partial charge is 0.330 e. The normalized spacial score (nSPS) is 18.5. The summed E-state index contributed by atoms with van der Waals surface area (Å²) in [5.74, 6) is -0.334. The second kappa shape index (κ2) is 8.66. The number of rotatable bonds is 6. The lowest BCUT2D eigenvalue weighted by Gasteiger charge is -2.31. The molecule has 1 aromatic heterocycles. The van der Waals surface area contributed by atoms with Gasteiger partial charge < -0.3 is 9.72 Å². The van der Waals surface area contributed by atoms with E-state index in [1.165, 1.54) is 48.1 Å². The van der Waals surface area contributed by atoms with Crippen molar-refractivity contribution in [2.45, 2.75) is 38.3 Å². The lowest BCUT2D eigenvalue weighted by Crippen LogP contribution is -2.33. The number of carbonyl (C=O) groups is 1. The monoisotopic (exact) mass is 388 g/mol. The molecule has 1 aliphatic heterocycles. The Morgan fingerprint density at radius 3 is 2.83 bits per heavy atom. The number of benzene rings is 2. The molecule has 2 heterocycles. The molecule has 1 N–H and O–H groups in total. The zero-order valence-corrected chi connectivity index (χ0v) is 17.1. The topological polar surface area (TPSA) is 45.3 Å². The van der Waals surface area contributed by atoms with Crippen LogP contribution >= 0.6 is 0 Å². The highest BCUT2D eigenvalue weighted by molar-refractivity contribution is 5.86. The van der Waals surface area contributed by atoms with Crippen LogP contribution in [0.25, 0.3) is 17.0 Å². The summed E-state index contributed by atoms with van der Waals surface area (Å²) in [6, 6.07) is 17.9. The molecule has 1 aliphatic rings. The highest BCUT2D eigenvalue weighted by Gasteiger charge is 2.29. The molecule has 150 valence electrons. The molecule has 1 fully saturated rings. The summed E-state index contributed by atoms with van der Waals surface area (Å²) >= 11 is 0. The molecule has 0 radical (unpaired) electrons. The number of aromatic nitrogens is 1. The molecule has 0 amide bonds. The first-order valence-corrected chi connectivity index (χ1v) is 10.3. The largest absolute Gasteiger partial charge is 0.466 e. The van der Waals surface area contributed by atoms with Crippen molar-refractivity contribution < 1.29 is 9.53 Å². The van der Waals surface area contributed by atoms with E-state index < -0.39 is 0 Å². The molecule has 2 atom stereocenters. The molecule has 0 spiro atoms. The lowest BCUT2D eigenvalue weighted by atomic mass is 10.00. The minimum absolute atomic E-state index is 0.334. The van der Waals surface area contributed by atoms with Gasteiger partial charge in [-0.2, -0.15) is 0 Å².